The van der Waals surface area contributed by atoms with Crippen molar-refractivity contribution in [1.82, 2.24) is 29.9 Å². The molecule has 11 aromatic heterocycles. The molecular formula is C65H44N6O11S5. The monoisotopic (exact) mass is 1240 g/mol. The third-order valence-electron chi connectivity index (χ3n) is 13.2. The fourth-order valence-corrected chi connectivity index (χ4v) is 14.9. The summed E-state index contributed by atoms with van der Waals surface area (Å²) in [5.41, 5.74) is 9.34. The Hall–Kier alpha value is -10.1. The van der Waals surface area contributed by atoms with Crippen molar-refractivity contribution in [3.05, 3.63) is 175 Å². The van der Waals surface area contributed by atoms with Gasteiger partial charge in [0.2, 0.25) is 0 Å². The van der Waals surface area contributed by atoms with Crippen molar-refractivity contribution in [2.24, 2.45) is 0 Å². The number of carbonyl (C=O) groups is 4. The lowest BCUT2D eigenvalue weighted by Crippen LogP contribution is -2.14. The first kappa shape index (κ1) is 57.3. The van der Waals surface area contributed by atoms with E-state index < -0.39 is 0 Å². The predicted octanol–water partition coefficient (Wildman–Crippen LogP) is 15.3. The minimum Gasteiger partial charge on any atom is -0.497 e. The van der Waals surface area contributed by atoms with Crippen LogP contribution in [-0.2, 0) is 19.2 Å². The number of fused-ring (bicyclic) bond motifs is 1. The van der Waals surface area contributed by atoms with Gasteiger partial charge in [0.1, 0.15) is 42.0 Å². The molecule has 17 nitrogen and oxygen atoms in total. The number of thiophene rings is 5. The van der Waals surface area contributed by atoms with Crippen molar-refractivity contribution in [3.63, 3.8) is 0 Å². The van der Waals surface area contributed by atoms with Crippen LogP contribution in [-0.4, -0.2) is 76.1 Å². The molecule has 1 aliphatic rings. The van der Waals surface area contributed by atoms with Crippen LogP contribution in [0.5, 0.6) is 40.2 Å². The summed E-state index contributed by atoms with van der Waals surface area (Å²) in [5, 5.41) is 2.18. The van der Waals surface area contributed by atoms with Crippen LogP contribution in [0.4, 0.5) is 0 Å². The van der Waals surface area contributed by atoms with E-state index in [-0.39, 0.29) is 5.75 Å². The number of rotatable bonds is 19. The summed E-state index contributed by atoms with van der Waals surface area (Å²) in [6.45, 7) is 6.61. The molecule has 0 unspecified atom stereocenters. The number of aromatic nitrogens is 6. The molecule has 0 aliphatic carbocycles. The molecule has 0 radical (unpaired) electrons. The highest BCUT2D eigenvalue weighted by molar-refractivity contribution is 7.27. The molecule has 12 aromatic rings. The molecule has 22 heteroatoms. The maximum absolute atomic E-state index is 11.2. The zero-order valence-corrected chi connectivity index (χ0v) is 50.1. The van der Waals surface area contributed by atoms with E-state index in [1.54, 1.807) is 125 Å². The lowest BCUT2D eigenvalue weighted by atomic mass is 10.1. The Morgan fingerprint density at radius 2 is 0.851 bits per heavy atom. The molecule has 0 N–H and O–H groups in total. The number of carbonyl (C=O) groups excluding carboxylic acids is 4. The molecule has 430 valence electrons. The topological polar surface area (TPSA) is 210 Å². The van der Waals surface area contributed by atoms with E-state index in [9.17, 15) is 19.2 Å². The molecule has 0 saturated heterocycles. The van der Waals surface area contributed by atoms with Gasteiger partial charge in [-0.3, -0.25) is 39.1 Å². The molecule has 1 aromatic carbocycles. The van der Waals surface area contributed by atoms with Gasteiger partial charge < -0.3 is 33.2 Å². The third kappa shape index (κ3) is 12.8. The van der Waals surface area contributed by atoms with Gasteiger partial charge in [-0.1, -0.05) is 0 Å². The normalized spacial score (nSPS) is 11.4. The van der Waals surface area contributed by atoms with Crippen LogP contribution in [0.15, 0.2) is 164 Å². The van der Waals surface area contributed by atoms with E-state index in [4.69, 9.17) is 43.1 Å². The summed E-state index contributed by atoms with van der Waals surface area (Å²) >= 11 is 8.59. The van der Waals surface area contributed by atoms with Crippen molar-refractivity contribution in [3.8, 4) is 146 Å². The average molecular weight is 1250 g/mol. The second-order valence-electron chi connectivity index (χ2n) is 18.9. The molecule has 0 atom stereocenters. The summed E-state index contributed by atoms with van der Waals surface area (Å²) in [6.07, 6.45) is 6.46. The van der Waals surface area contributed by atoms with Gasteiger partial charge in [-0.15, -0.1) is 56.7 Å². The van der Waals surface area contributed by atoms with Crippen LogP contribution < -0.4 is 33.2 Å². The summed E-state index contributed by atoms with van der Waals surface area (Å²) in [6, 6.07) is 41.4. The molecule has 12 heterocycles. The fraction of sp³-hybridized carbons (Fsp3) is 0.0769. The first-order valence-corrected chi connectivity index (χ1v) is 30.5. The number of aryl methyl sites for hydroxylation is 2. The zero-order valence-electron chi connectivity index (χ0n) is 46.0. The largest absolute Gasteiger partial charge is 0.497 e. The second kappa shape index (κ2) is 26.0. The highest BCUT2D eigenvalue weighted by Gasteiger charge is 2.28. The number of pyridine rings is 6. The second-order valence-corrected chi connectivity index (χ2v) is 24.1. The minimum absolute atomic E-state index is 0.265. The SMILES string of the molecule is COc1ccc(-c2sc(-c3ccc(-c4ccnc(-c5cc(OC=O)cc(-c6cc(OC=O)ccn6)n5)c4)s3)c3c2OCCO3)cc1.Cc1csc(-c2ccc(-c3sc(-c4ccnc(-c5cc(OC=O)cc(-c6cc(OC=O)ccn6)n5)c4)cc3C)s2)c1. The highest BCUT2D eigenvalue weighted by Crippen LogP contribution is 2.55. The van der Waals surface area contributed by atoms with Crippen LogP contribution in [0.25, 0.3) is 106 Å². The van der Waals surface area contributed by atoms with Crippen molar-refractivity contribution in [2.45, 2.75) is 13.8 Å². The number of methoxy groups -OCH3 is 1. The van der Waals surface area contributed by atoms with Crippen LogP contribution in [0.2, 0.25) is 0 Å². The standard InChI is InChI=1S/C34H23N3O7S2.C31H21N3O4S3/c1-40-22-4-2-20(3-5-22)33-31-32(42-13-12-41-31)34(46-33)30-7-6-29(45-30)21-8-10-35-25(14-21)27-16-24(44-19-39)17-28(37-27)26-15-23(43-18-38)9-11-36-26;1-18-9-30(39-15-18)27-3-4-28(40-27)31-19(2)10-29(41-31)20-5-7-32-23(11-20)25-13-22(38-17-36)14-26(34-25)24-12-21(37-16-35)6-8-33-24/h2-11,14-19H,12-13H2,1H3;3-17H,1-2H3. The van der Waals surface area contributed by atoms with Gasteiger partial charge in [-0.25, -0.2) is 9.97 Å². The maximum Gasteiger partial charge on any atom is 0.298 e. The quantitative estimate of drug-likeness (QED) is 0.0689. The third-order valence-corrected chi connectivity index (χ3v) is 19.5. The molecule has 1 aliphatic heterocycles. The fourth-order valence-electron chi connectivity index (χ4n) is 9.27. The zero-order chi connectivity index (χ0) is 59.8. The van der Waals surface area contributed by atoms with Crippen LogP contribution in [0.1, 0.15) is 11.1 Å². The number of nitrogens with zero attached hydrogens (tertiary/aromatic N) is 6. The van der Waals surface area contributed by atoms with Crippen molar-refractivity contribution < 1.29 is 52.3 Å². The molecule has 0 fully saturated rings. The summed E-state index contributed by atoms with van der Waals surface area (Å²) in [5.74, 6) is 3.48. The van der Waals surface area contributed by atoms with Gasteiger partial charge in [-0.2, -0.15) is 0 Å². The summed E-state index contributed by atoms with van der Waals surface area (Å²) in [4.78, 5) is 81.5. The van der Waals surface area contributed by atoms with Crippen molar-refractivity contribution in [2.75, 3.05) is 20.3 Å². The Morgan fingerprint density at radius 1 is 0.391 bits per heavy atom. The number of benzene rings is 1. The van der Waals surface area contributed by atoms with E-state index in [0.29, 0.717) is 102 Å². The van der Waals surface area contributed by atoms with E-state index >= 15 is 0 Å². The lowest BCUT2D eigenvalue weighted by molar-refractivity contribution is -0.121. The molecule has 13 rings (SSSR count). The van der Waals surface area contributed by atoms with Crippen molar-refractivity contribution in [1.29, 1.82) is 0 Å². The lowest BCUT2D eigenvalue weighted by Gasteiger charge is -2.17. The number of hydrogen-bond donors (Lipinski definition) is 0. The Kier molecular flexibility index (Phi) is 17.2. The highest BCUT2D eigenvalue weighted by atomic mass is 32.1. The van der Waals surface area contributed by atoms with Gasteiger partial charge in [0.05, 0.1) is 62.4 Å². The van der Waals surface area contributed by atoms with Crippen LogP contribution >= 0.6 is 56.7 Å². The Balaban J connectivity index is 0.000000171. The van der Waals surface area contributed by atoms with Gasteiger partial charge >= 0.3 is 0 Å². The molecule has 0 saturated carbocycles. The van der Waals surface area contributed by atoms with Crippen LogP contribution in [0.3, 0.4) is 0 Å². The number of ether oxygens (including phenoxy) is 7. The Labute approximate surface area is 516 Å². The van der Waals surface area contributed by atoms with Crippen molar-refractivity contribution >= 4 is 82.6 Å². The number of hydrogen-bond acceptors (Lipinski definition) is 22. The predicted molar refractivity (Wildman–Crippen MR) is 337 cm³/mol. The van der Waals surface area contributed by atoms with Gasteiger partial charge in [0.15, 0.2) is 11.5 Å². The summed E-state index contributed by atoms with van der Waals surface area (Å²) < 4.78 is 37.8. The maximum atomic E-state index is 11.2. The first-order chi connectivity index (χ1) is 42.6. The van der Waals surface area contributed by atoms with E-state index in [1.807, 2.05) is 48.5 Å². The minimum atomic E-state index is 0.265. The van der Waals surface area contributed by atoms with E-state index in [1.165, 1.54) is 43.0 Å². The van der Waals surface area contributed by atoms with Gasteiger partial charge in [0, 0.05) is 95.3 Å². The molecule has 0 amide bonds. The molecule has 0 bridgehead atoms. The molecular weight excluding hydrogens is 1200 g/mol. The first-order valence-electron chi connectivity index (χ1n) is 26.4. The van der Waals surface area contributed by atoms with Gasteiger partial charge in [-0.05, 0) is 144 Å². The molecule has 87 heavy (non-hydrogen) atoms. The van der Waals surface area contributed by atoms with E-state index in [0.717, 1.165) is 58.3 Å². The average Bonchev–Trinajstić information content (AvgIpc) is 2.19. The molecule has 0 spiro atoms. The summed E-state index contributed by atoms with van der Waals surface area (Å²) in [7, 11) is 1.65. The smallest absolute Gasteiger partial charge is 0.298 e. The van der Waals surface area contributed by atoms with Gasteiger partial charge in [0.25, 0.3) is 25.9 Å². The Morgan fingerprint density at radius 3 is 1.38 bits per heavy atom. The van der Waals surface area contributed by atoms with E-state index in [2.05, 4.69) is 75.6 Å². The Bertz CT molecular complexity index is 4510. The van der Waals surface area contributed by atoms with Crippen LogP contribution in [0, 0.1) is 13.8 Å².